The minimum atomic E-state index is -2.59. The summed E-state index contributed by atoms with van der Waals surface area (Å²) in [4.78, 5) is 1.77. The molecule has 0 aromatic rings. The minimum absolute atomic E-state index is 0.117. The summed E-state index contributed by atoms with van der Waals surface area (Å²) in [6.07, 6.45) is 3.05. The number of alkyl halides is 2. The van der Waals surface area contributed by atoms with Crippen LogP contribution in [0.3, 0.4) is 0 Å². The van der Waals surface area contributed by atoms with E-state index in [2.05, 4.69) is 5.32 Å². The maximum absolute atomic E-state index is 13.3. The minimum Gasteiger partial charge on any atom is -0.311 e. The molecule has 0 amide bonds. The standard InChI is InChI=1S/C10H20F2N2/c1-3-6-13-7-10(11,12)8-14(2)9-4-5-9/h9,13H,3-8H2,1-2H3. The van der Waals surface area contributed by atoms with E-state index in [4.69, 9.17) is 0 Å². The second-order valence-corrected chi connectivity index (χ2v) is 4.18. The first-order chi connectivity index (χ1) is 6.55. The predicted molar refractivity (Wildman–Crippen MR) is 53.8 cm³/mol. The lowest BCUT2D eigenvalue weighted by atomic mass is 10.3. The van der Waals surface area contributed by atoms with Crippen LogP contribution in [0.4, 0.5) is 8.78 Å². The van der Waals surface area contributed by atoms with Gasteiger partial charge in [-0.3, -0.25) is 4.90 Å². The summed E-state index contributed by atoms with van der Waals surface area (Å²) >= 11 is 0. The maximum atomic E-state index is 13.3. The number of hydrogen-bond donors (Lipinski definition) is 1. The van der Waals surface area contributed by atoms with Crippen LogP contribution in [-0.4, -0.2) is 43.5 Å². The molecular formula is C10H20F2N2. The highest BCUT2D eigenvalue weighted by Crippen LogP contribution is 2.27. The van der Waals surface area contributed by atoms with Crippen LogP contribution in [0.5, 0.6) is 0 Å². The third-order valence-electron chi connectivity index (χ3n) is 2.46. The van der Waals surface area contributed by atoms with Gasteiger partial charge in [0.1, 0.15) is 0 Å². The summed E-state index contributed by atoms with van der Waals surface area (Å²) in [5, 5.41) is 2.76. The molecule has 0 atom stereocenters. The molecule has 1 rings (SSSR count). The van der Waals surface area contributed by atoms with E-state index in [0.717, 1.165) is 19.3 Å². The Balaban J connectivity index is 2.17. The van der Waals surface area contributed by atoms with Gasteiger partial charge in [-0.2, -0.15) is 0 Å². The number of nitrogens with zero attached hydrogens (tertiary/aromatic N) is 1. The van der Waals surface area contributed by atoms with Gasteiger partial charge in [-0.1, -0.05) is 6.92 Å². The van der Waals surface area contributed by atoms with Crippen molar-refractivity contribution in [2.24, 2.45) is 0 Å². The van der Waals surface area contributed by atoms with Crippen LogP contribution >= 0.6 is 0 Å². The van der Waals surface area contributed by atoms with Crippen molar-refractivity contribution in [2.75, 3.05) is 26.7 Å². The van der Waals surface area contributed by atoms with Gasteiger partial charge in [-0.25, -0.2) is 8.78 Å². The van der Waals surface area contributed by atoms with Crippen LogP contribution in [0.15, 0.2) is 0 Å². The lowest BCUT2D eigenvalue weighted by Gasteiger charge is -2.23. The largest absolute Gasteiger partial charge is 0.311 e. The maximum Gasteiger partial charge on any atom is 0.272 e. The molecule has 2 nitrogen and oxygen atoms in total. The lowest BCUT2D eigenvalue weighted by molar-refractivity contribution is -0.0263. The molecule has 1 fully saturated rings. The summed E-state index contributed by atoms with van der Waals surface area (Å²) in [5.41, 5.74) is 0. The molecule has 0 aliphatic heterocycles. The van der Waals surface area contributed by atoms with Crippen molar-refractivity contribution < 1.29 is 8.78 Å². The summed E-state index contributed by atoms with van der Waals surface area (Å²) in [6, 6.07) is 0.409. The van der Waals surface area contributed by atoms with E-state index in [1.165, 1.54) is 0 Å². The van der Waals surface area contributed by atoms with Crippen molar-refractivity contribution in [3.8, 4) is 0 Å². The average molecular weight is 206 g/mol. The van der Waals surface area contributed by atoms with Crippen LogP contribution in [0.2, 0.25) is 0 Å². The summed E-state index contributed by atoms with van der Waals surface area (Å²) in [7, 11) is 1.78. The topological polar surface area (TPSA) is 15.3 Å². The van der Waals surface area contributed by atoms with Crippen LogP contribution in [0.1, 0.15) is 26.2 Å². The molecule has 0 unspecified atom stereocenters. The average Bonchev–Trinajstić information content (AvgIpc) is 2.85. The SMILES string of the molecule is CCCNCC(F)(F)CN(C)C1CC1. The first-order valence-electron chi connectivity index (χ1n) is 5.34. The molecule has 0 aromatic heterocycles. The molecule has 0 aromatic carbocycles. The second-order valence-electron chi connectivity index (χ2n) is 4.18. The molecule has 0 bridgehead atoms. The van der Waals surface area contributed by atoms with Crippen LogP contribution in [-0.2, 0) is 0 Å². The highest BCUT2D eigenvalue weighted by Gasteiger charge is 2.35. The molecule has 1 aliphatic carbocycles. The number of hydrogen-bond acceptors (Lipinski definition) is 2. The molecule has 1 aliphatic rings. The molecule has 4 heteroatoms. The number of halogens is 2. The van der Waals surface area contributed by atoms with Gasteiger partial charge in [-0.05, 0) is 32.9 Å². The van der Waals surface area contributed by atoms with E-state index in [1.54, 1.807) is 11.9 Å². The van der Waals surface area contributed by atoms with Crippen LogP contribution in [0, 0.1) is 0 Å². The predicted octanol–water partition coefficient (Wildman–Crippen LogP) is 1.72. The number of rotatable bonds is 7. The monoisotopic (exact) mass is 206 g/mol. The van der Waals surface area contributed by atoms with E-state index in [0.29, 0.717) is 12.6 Å². The Morgan fingerprint density at radius 3 is 2.57 bits per heavy atom. The Morgan fingerprint density at radius 2 is 2.07 bits per heavy atom. The third kappa shape index (κ3) is 4.33. The molecule has 0 spiro atoms. The van der Waals surface area contributed by atoms with Crippen molar-refractivity contribution in [2.45, 2.75) is 38.2 Å². The molecule has 84 valence electrons. The zero-order valence-electron chi connectivity index (χ0n) is 9.02. The van der Waals surface area contributed by atoms with Gasteiger partial charge in [0.2, 0.25) is 0 Å². The molecule has 1 saturated carbocycles. The Kier molecular flexibility index (Phi) is 4.26. The first kappa shape index (κ1) is 11.9. The Morgan fingerprint density at radius 1 is 1.43 bits per heavy atom. The second kappa shape index (κ2) is 5.03. The highest BCUT2D eigenvalue weighted by atomic mass is 19.3. The molecule has 0 saturated heterocycles. The van der Waals surface area contributed by atoms with E-state index in [1.807, 2.05) is 6.92 Å². The Bertz CT molecular complexity index is 170. The summed E-state index contributed by atoms with van der Waals surface area (Å²) in [6.45, 7) is 2.33. The van der Waals surface area contributed by atoms with Gasteiger partial charge in [0.25, 0.3) is 5.92 Å². The van der Waals surface area contributed by atoms with Crippen LogP contribution < -0.4 is 5.32 Å². The van der Waals surface area contributed by atoms with Gasteiger partial charge in [0.05, 0.1) is 13.1 Å². The van der Waals surface area contributed by atoms with Gasteiger partial charge in [-0.15, -0.1) is 0 Å². The van der Waals surface area contributed by atoms with E-state index < -0.39 is 5.92 Å². The summed E-state index contributed by atoms with van der Waals surface area (Å²) in [5.74, 6) is -2.59. The van der Waals surface area contributed by atoms with Gasteiger partial charge < -0.3 is 5.32 Å². The number of nitrogens with one attached hydrogen (secondary N) is 1. The molecule has 0 radical (unpaired) electrons. The van der Waals surface area contributed by atoms with Crippen molar-refractivity contribution in [1.29, 1.82) is 0 Å². The zero-order valence-corrected chi connectivity index (χ0v) is 9.02. The first-order valence-corrected chi connectivity index (χ1v) is 5.34. The fourth-order valence-electron chi connectivity index (χ4n) is 1.51. The quantitative estimate of drug-likeness (QED) is 0.638. The van der Waals surface area contributed by atoms with Crippen molar-refractivity contribution in [3.05, 3.63) is 0 Å². The summed E-state index contributed by atoms with van der Waals surface area (Å²) < 4.78 is 26.6. The van der Waals surface area contributed by atoms with Crippen molar-refractivity contribution in [1.82, 2.24) is 10.2 Å². The molecule has 0 heterocycles. The zero-order chi connectivity index (χ0) is 10.6. The van der Waals surface area contributed by atoms with Gasteiger partial charge >= 0.3 is 0 Å². The molecular weight excluding hydrogens is 186 g/mol. The fourth-order valence-corrected chi connectivity index (χ4v) is 1.51. The van der Waals surface area contributed by atoms with Crippen LogP contribution in [0.25, 0.3) is 0 Å². The van der Waals surface area contributed by atoms with E-state index >= 15 is 0 Å². The van der Waals surface area contributed by atoms with E-state index in [9.17, 15) is 8.78 Å². The lowest BCUT2D eigenvalue weighted by Crippen LogP contribution is -2.43. The fraction of sp³-hybridized carbons (Fsp3) is 1.00. The highest BCUT2D eigenvalue weighted by molar-refractivity contribution is 4.85. The van der Waals surface area contributed by atoms with Gasteiger partial charge in [0, 0.05) is 6.04 Å². The van der Waals surface area contributed by atoms with Crippen molar-refractivity contribution in [3.63, 3.8) is 0 Å². The normalized spacial score (nSPS) is 17.8. The van der Waals surface area contributed by atoms with E-state index in [-0.39, 0.29) is 13.1 Å². The van der Waals surface area contributed by atoms with Crippen molar-refractivity contribution >= 4 is 0 Å². The molecule has 1 N–H and O–H groups in total. The molecule has 14 heavy (non-hydrogen) atoms. The smallest absolute Gasteiger partial charge is 0.272 e. The Labute approximate surface area is 84.7 Å². The third-order valence-corrected chi connectivity index (χ3v) is 2.46. The van der Waals surface area contributed by atoms with Gasteiger partial charge in [0.15, 0.2) is 0 Å². The Hall–Kier alpha value is -0.220.